The molecule has 1 amide bonds. The van der Waals surface area contributed by atoms with Crippen molar-refractivity contribution in [1.29, 1.82) is 0 Å². The lowest BCUT2D eigenvalue weighted by atomic mass is 10.1. The zero-order valence-corrected chi connectivity index (χ0v) is 12.1. The van der Waals surface area contributed by atoms with E-state index >= 15 is 0 Å². The number of aryl methyl sites for hydroxylation is 1. The van der Waals surface area contributed by atoms with E-state index in [4.69, 9.17) is 16.7 Å². The number of carbonyl (C=O) groups is 2. The molecule has 1 aromatic heterocycles. The summed E-state index contributed by atoms with van der Waals surface area (Å²) in [5.41, 5.74) is 1.37. The van der Waals surface area contributed by atoms with Gasteiger partial charge in [-0.25, -0.2) is 9.78 Å². The van der Waals surface area contributed by atoms with Gasteiger partial charge in [0, 0.05) is 19.3 Å². The van der Waals surface area contributed by atoms with Gasteiger partial charge < -0.3 is 15.0 Å². The molecular weight excluding hydrogens is 294 g/mol. The summed E-state index contributed by atoms with van der Waals surface area (Å²) >= 11 is 6.02. The first-order chi connectivity index (χ1) is 9.97. The summed E-state index contributed by atoms with van der Waals surface area (Å²) in [7, 11) is 0. The largest absolute Gasteiger partial charge is 0.476 e. The maximum absolute atomic E-state index is 12.0. The monoisotopic (exact) mass is 307 g/mol. The molecule has 0 aliphatic carbocycles. The van der Waals surface area contributed by atoms with Crippen molar-refractivity contribution in [3.8, 4) is 0 Å². The number of aromatic carboxylic acids is 1. The molecule has 21 heavy (non-hydrogen) atoms. The maximum Gasteiger partial charge on any atom is 0.356 e. The number of nitrogens with zero attached hydrogens (tertiary/aromatic N) is 2. The molecule has 1 aromatic carbocycles. The van der Waals surface area contributed by atoms with E-state index in [1.54, 1.807) is 16.7 Å². The molecule has 0 spiro atoms. The van der Waals surface area contributed by atoms with Gasteiger partial charge in [0.05, 0.1) is 16.9 Å². The van der Waals surface area contributed by atoms with Gasteiger partial charge in [-0.15, -0.1) is 0 Å². The van der Waals surface area contributed by atoms with E-state index in [1.807, 2.05) is 13.0 Å². The highest BCUT2D eigenvalue weighted by Gasteiger charge is 2.10. The van der Waals surface area contributed by atoms with Crippen LogP contribution in [0.1, 0.15) is 26.4 Å². The fourth-order valence-corrected chi connectivity index (χ4v) is 2.11. The van der Waals surface area contributed by atoms with E-state index in [0.29, 0.717) is 23.7 Å². The van der Waals surface area contributed by atoms with E-state index in [-0.39, 0.29) is 11.6 Å². The fourth-order valence-electron chi connectivity index (χ4n) is 1.79. The van der Waals surface area contributed by atoms with Gasteiger partial charge in [0.25, 0.3) is 5.91 Å². The van der Waals surface area contributed by atoms with Crippen LogP contribution in [0.2, 0.25) is 5.02 Å². The van der Waals surface area contributed by atoms with Crippen molar-refractivity contribution in [2.45, 2.75) is 13.5 Å². The van der Waals surface area contributed by atoms with Crippen molar-refractivity contribution in [2.24, 2.45) is 0 Å². The first kappa shape index (κ1) is 15.1. The Kier molecular flexibility index (Phi) is 4.59. The number of halogens is 1. The molecule has 0 atom stereocenters. The molecule has 2 rings (SSSR count). The first-order valence-electron chi connectivity index (χ1n) is 6.27. The number of imidazole rings is 1. The second kappa shape index (κ2) is 6.41. The molecular formula is C14H14ClN3O3. The lowest BCUT2D eigenvalue weighted by Crippen LogP contribution is -2.27. The fraction of sp³-hybridized carbons (Fsp3) is 0.214. The zero-order chi connectivity index (χ0) is 15.4. The van der Waals surface area contributed by atoms with E-state index in [2.05, 4.69) is 10.3 Å². The van der Waals surface area contributed by atoms with Crippen LogP contribution >= 0.6 is 11.6 Å². The third kappa shape index (κ3) is 3.82. The van der Waals surface area contributed by atoms with Gasteiger partial charge in [-0.1, -0.05) is 17.7 Å². The number of benzene rings is 1. The lowest BCUT2D eigenvalue weighted by Gasteiger charge is -2.07. The van der Waals surface area contributed by atoms with Gasteiger partial charge in [0.2, 0.25) is 0 Å². The Hall–Kier alpha value is -2.34. The minimum atomic E-state index is -1.08. The second-order valence-corrected chi connectivity index (χ2v) is 4.95. The van der Waals surface area contributed by atoms with Crippen LogP contribution in [-0.4, -0.2) is 33.1 Å². The third-order valence-corrected chi connectivity index (χ3v) is 3.19. The molecule has 110 valence electrons. The third-order valence-electron chi connectivity index (χ3n) is 2.88. The van der Waals surface area contributed by atoms with E-state index in [0.717, 1.165) is 5.56 Å². The normalized spacial score (nSPS) is 10.4. The number of nitrogens with one attached hydrogen (secondary N) is 1. The van der Waals surface area contributed by atoms with Gasteiger partial charge in [0.15, 0.2) is 5.69 Å². The van der Waals surface area contributed by atoms with Crippen LogP contribution < -0.4 is 5.32 Å². The lowest BCUT2D eigenvalue weighted by molar-refractivity contribution is 0.0690. The highest BCUT2D eigenvalue weighted by atomic mass is 35.5. The van der Waals surface area contributed by atoms with Gasteiger partial charge in [-0.2, -0.15) is 0 Å². The Bertz CT molecular complexity index is 682. The molecule has 0 unspecified atom stereocenters. The van der Waals surface area contributed by atoms with Gasteiger partial charge in [0.1, 0.15) is 0 Å². The molecule has 0 aliphatic heterocycles. The Morgan fingerprint density at radius 3 is 2.81 bits per heavy atom. The summed E-state index contributed by atoms with van der Waals surface area (Å²) < 4.78 is 1.60. The standard InChI is InChI=1S/C14H14ClN3O3/c1-9-2-3-10(11(15)6-9)13(19)16-4-5-18-7-12(14(20)21)17-8-18/h2-3,6-8H,4-5H2,1H3,(H,16,19)(H,20,21). The predicted octanol–water partition coefficient (Wildman–Crippen LogP) is 1.97. The quantitative estimate of drug-likeness (QED) is 0.884. The number of amides is 1. The van der Waals surface area contributed by atoms with Crippen molar-refractivity contribution >= 4 is 23.5 Å². The Morgan fingerprint density at radius 2 is 2.19 bits per heavy atom. The smallest absolute Gasteiger partial charge is 0.356 e. The summed E-state index contributed by atoms with van der Waals surface area (Å²) in [5, 5.41) is 11.9. The zero-order valence-electron chi connectivity index (χ0n) is 11.3. The number of rotatable bonds is 5. The Balaban J connectivity index is 1.90. The molecule has 0 saturated heterocycles. The minimum Gasteiger partial charge on any atom is -0.476 e. The van der Waals surface area contributed by atoms with Gasteiger partial charge >= 0.3 is 5.97 Å². The SMILES string of the molecule is Cc1ccc(C(=O)NCCn2cnc(C(=O)O)c2)c(Cl)c1. The molecule has 0 saturated carbocycles. The molecule has 0 bridgehead atoms. The summed E-state index contributed by atoms with van der Waals surface area (Å²) in [6.45, 7) is 2.67. The Morgan fingerprint density at radius 1 is 1.43 bits per heavy atom. The van der Waals surface area contributed by atoms with Crippen molar-refractivity contribution < 1.29 is 14.7 Å². The second-order valence-electron chi connectivity index (χ2n) is 4.54. The summed E-state index contributed by atoms with van der Waals surface area (Å²) in [6, 6.07) is 5.22. The number of hydrogen-bond acceptors (Lipinski definition) is 3. The van der Waals surface area contributed by atoms with Crippen LogP contribution in [0.25, 0.3) is 0 Å². The molecule has 0 radical (unpaired) electrons. The maximum atomic E-state index is 12.0. The van der Waals surface area contributed by atoms with Crippen molar-refractivity contribution in [1.82, 2.24) is 14.9 Å². The van der Waals surface area contributed by atoms with Crippen LogP contribution in [0, 0.1) is 6.92 Å². The van der Waals surface area contributed by atoms with Crippen LogP contribution in [0.4, 0.5) is 0 Å². The number of carboxylic acid groups (broad SMARTS) is 1. The Labute approximate surface area is 126 Å². The highest BCUT2D eigenvalue weighted by Crippen LogP contribution is 2.17. The number of aromatic nitrogens is 2. The van der Waals surface area contributed by atoms with Gasteiger partial charge in [-0.3, -0.25) is 4.79 Å². The topological polar surface area (TPSA) is 84.2 Å². The molecule has 2 aromatic rings. The molecule has 0 aliphatic rings. The number of hydrogen-bond donors (Lipinski definition) is 2. The van der Waals surface area contributed by atoms with Crippen molar-refractivity contribution in [3.05, 3.63) is 52.6 Å². The average Bonchev–Trinajstić information content (AvgIpc) is 2.87. The minimum absolute atomic E-state index is 0.0251. The van der Waals surface area contributed by atoms with E-state index < -0.39 is 5.97 Å². The summed E-state index contributed by atoms with van der Waals surface area (Å²) in [5.74, 6) is -1.34. The van der Waals surface area contributed by atoms with Crippen LogP contribution in [0.5, 0.6) is 0 Å². The van der Waals surface area contributed by atoms with Gasteiger partial charge in [-0.05, 0) is 24.6 Å². The number of carbonyl (C=O) groups excluding carboxylic acids is 1. The average molecular weight is 308 g/mol. The van der Waals surface area contributed by atoms with Crippen LogP contribution in [0.3, 0.4) is 0 Å². The van der Waals surface area contributed by atoms with E-state index in [1.165, 1.54) is 12.5 Å². The highest BCUT2D eigenvalue weighted by molar-refractivity contribution is 6.33. The molecule has 7 heteroatoms. The van der Waals surface area contributed by atoms with Crippen LogP contribution in [0.15, 0.2) is 30.7 Å². The van der Waals surface area contributed by atoms with Crippen molar-refractivity contribution in [3.63, 3.8) is 0 Å². The number of carboxylic acids is 1. The van der Waals surface area contributed by atoms with Crippen molar-refractivity contribution in [2.75, 3.05) is 6.54 Å². The molecule has 1 heterocycles. The first-order valence-corrected chi connectivity index (χ1v) is 6.64. The van der Waals surface area contributed by atoms with Crippen LogP contribution in [-0.2, 0) is 6.54 Å². The predicted molar refractivity (Wildman–Crippen MR) is 77.7 cm³/mol. The molecule has 0 fully saturated rings. The summed E-state index contributed by atoms with van der Waals surface area (Å²) in [4.78, 5) is 26.4. The molecule has 2 N–H and O–H groups in total. The molecule has 6 nitrogen and oxygen atoms in total. The summed E-state index contributed by atoms with van der Waals surface area (Å²) in [6.07, 6.45) is 2.82. The van der Waals surface area contributed by atoms with E-state index in [9.17, 15) is 9.59 Å².